The second-order valence-corrected chi connectivity index (χ2v) is 9.55. The first-order valence-corrected chi connectivity index (χ1v) is 12.5. The van der Waals surface area contributed by atoms with Crippen molar-refractivity contribution in [2.75, 3.05) is 0 Å². The number of phenols is 2. The lowest BCUT2D eigenvalue weighted by molar-refractivity contribution is -0.133. The van der Waals surface area contributed by atoms with Crippen molar-refractivity contribution in [3.63, 3.8) is 0 Å². The summed E-state index contributed by atoms with van der Waals surface area (Å²) in [5.74, 6) is -1.04. The Morgan fingerprint density at radius 2 is 1.30 bits per heavy atom. The fraction of sp³-hybridized carbons (Fsp3) is 0.429. The van der Waals surface area contributed by atoms with Crippen LogP contribution in [-0.4, -0.2) is 52.3 Å². The largest absolute Gasteiger partial charge is 0.508 e. The van der Waals surface area contributed by atoms with Crippen LogP contribution >= 0.6 is 0 Å². The number of amides is 3. The molecule has 9 nitrogen and oxygen atoms in total. The SMILES string of the molecule is CCCC(=O)NC(Cc1ccc(O)cc1)C(=O)NC(CC(C)C)C(=O)NC(C=O)Cc1ccc(O)cc1. The molecule has 2 rings (SSSR count). The van der Waals surface area contributed by atoms with Gasteiger partial charge in [-0.25, -0.2) is 0 Å². The Kier molecular flexibility index (Phi) is 11.6. The van der Waals surface area contributed by atoms with E-state index in [4.69, 9.17) is 0 Å². The molecule has 0 saturated heterocycles. The van der Waals surface area contributed by atoms with Gasteiger partial charge in [0.1, 0.15) is 29.9 Å². The van der Waals surface area contributed by atoms with E-state index in [2.05, 4.69) is 16.0 Å². The molecule has 0 fully saturated rings. The Morgan fingerprint density at radius 1 is 0.784 bits per heavy atom. The molecule has 3 atom stereocenters. The van der Waals surface area contributed by atoms with Gasteiger partial charge in [-0.2, -0.15) is 0 Å². The van der Waals surface area contributed by atoms with Crippen molar-refractivity contribution in [2.24, 2.45) is 5.92 Å². The van der Waals surface area contributed by atoms with E-state index in [0.717, 1.165) is 11.1 Å². The van der Waals surface area contributed by atoms with Gasteiger partial charge in [0, 0.05) is 12.8 Å². The van der Waals surface area contributed by atoms with Gasteiger partial charge in [-0.05, 0) is 60.6 Å². The summed E-state index contributed by atoms with van der Waals surface area (Å²) in [7, 11) is 0. The van der Waals surface area contributed by atoms with Crippen LogP contribution in [0.5, 0.6) is 11.5 Å². The summed E-state index contributed by atoms with van der Waals surface area (Å²) >= 11 is 0. The first kappa shape index (κ1) is 29.4. The zero-order valence-electron chi connectivity index (χ0n) is 21.6. The Labute approximate surface area is 217 Å². The summed E-state index contributed by atoms with van der Waals surface area (Å²) in [4.78, 5) is 50.4. The quantitative estimate of drug-likeness (QED) is 0.246. The van der Waals surface area contributed by atoms with Crippen LogP contribution in [0.4, 0.5) is 0 Å². The number of carbonyl (C=O) groups is 4. The molecule has 200 valence electrons. The summed E-state index contributed by atoms with van der Waals surface area (Å²) in [5.41, 5.74) is 1.49. The predicted octanol–water partition coefficient (Wildman–Crippen LogP) is 2.38. The lowest BCUT2D eigenvalue weighted by Crippen LogP contribution is -2.56. The molecule has 9 heteroatoms. The highest BCUT2D eigenvalue weighted by molar-refractivity contribution is 5.93. The highest BCUT2D eigenvalue weighted by Gasteiger charge is 2.28. The topological polar surface area (TPSA) is 145 Å². The van der Waals surface area contributed by atoms with Gasteiger partial charge in [-0.3, -0.25) is 14.4 Å². The molecule has 0 spiro atoms. The van der Waals surface area contributed by atoms with E-state index in [-0.39, 0.29) is 42.6 Å². The van der Waals surface area contributed by atoms with Crippen LogP contribution in [0.2, 0.25) is 0 Å². The fourth-order valence-corrected chi connectivity index (χ4v) is 3.85. The maximum absolute atomic E-state index is 13.3. The molecule has 0 bridgehead atoms. The highest BCUT2D eigenvalue weighted by Crippen LogP contribution is 2.14. The third kappa shape index (κ3) is 10.3. The molecule has 0 saturated carbocycles. The van der Waals surface area contributed by atoms with Crippen molar-refractivity contribution in [3.8, 4) is 11.5 Å². The van der Waals surface area contributed by atoms with E-state index in [1.807, 2.05) is 20.8 Å². The maximum atomic E-state index is 13.3. The third-order valence-electron chi connectivity index (χ3n) is 5.73. The lowest BCUT2D eigenvalue weighted by atomic mass is 10.00. The third-order valence-corrected chi connectivity index (χ3v) is 5.73. The van der Waals surface area contributed by atoms with E-state index < -0.39 is 29.9 Å². The van der Waals surface area contributed by atoms with Crippen LogP contribution in [0.1, 0.15) is 51.2 Å². The van der Waals surface area contributed by atoms with Gasteiger partial charge in [0.15, 0.2) is 0 Å². The number of hydrogen-bond acceptors (Lipinski definition) is 6. The first-order chi connectivity index (χ1) is 17.6. The fourth-order valence-electron chi connectivity index (χ4n) is 3.85. The number of aldehydes is 1. The maximum Gasteiger partial charge on any atom is 0.243 e. The van der Waals surface area contributed by atoms with Crippen molar-refractivity contribution >= 4 is 24.0 Å². The highest BCUT2D eigenvalue weighted by atomic mass is 16.3. The summed E-state index contributed by atoms with van der Waals surface area (Å²) in [6.45, 7) is 5.69. The van der Waals surface area contributed by atoms with Crippen molar-refractivity contribution in [2.45, 2.75) is 71.0 Å². The number of benzene rings is 2. The summed E-state index contributed by atoms with van der Waals surface area (Å²) < 4.78 is 0. The molecule has 37 heavy (non-hydrogen) atoms. The number of aromatic hydroxyl groups is 2. The van der Waals surface area contributed by atoms with Gasteiger partial charge in [0.2, 0.25) is 17.7 Å². The summed E-state index contributed by atoms with van der Waals surface area (Å²) in [5, 5.41) is 27.2. The van der Waals surface area contributed by atoms with Crippen molar-refractivity contribution in [1.82, 2.24) is 16.0 Å². The normalized spacial score (nSPS) is 13.3. The molecule has 0 heterocycles. The minimum absolute atomic E-state index is 0.0630. The zero-order valence-corrected chi connectivity index (χ0v) is 21.6. The first-order valence-electron chi connectivity index (χ1n) is 12.5. The Bertz CT molecular complexity index is 1040. The molecule has 5 N–H and O–H groups in total. The van der Waals surface area contributed by atoms with E-state index in [1.54, 1.807) is 24.3 Å². The number of phenolic OH excluding ortho intramolecular Hbond substituents is 2. The molecule has 0 aliphatic heterocycles. The number of nitrogens with one attached hydrogen (secondary N) is 3. The molecule has 0 aromatic heterocycles. The van der Waals surface area contributed by atoms with Gasteiger partial charge in [-0.1, -0.05) is 45.0 Å². The van der Waals surface area contributed by atoms with E-state index >= 15 is 0 Å². The minimum Gasteiger partial charge on any atom is -0.508 e. The molecule has 0 radical (unpaired) electrons. The van der Waals surface area contributed by atoms with Crippen LogP contribution in [-0.2, 0) is 32.0 Å². The van der Waals surface area contributed by atoms with E-state index in [1.165, 1.54) is 24.3 Å². The standard InChI is InChI=1S/C28H37N3O6/c1-4-5-26(35)30-25(16-20-8-12-23(34)13-9-20)28(37)31-24(14-18(2)3)27(36)29-21(17-32)15-19-6-10-22(33)11-7-19/h6-13,17-18,21,24-25,33-34H,4-5,14-16H2,1-3H3,(H,29,36)(H,30,35)(H,31,37). The lowest BCUT2D eigenvalue weighted by Gasteiger charge is -2.25. The van der Waals surface area contributed by atoms with Crippen molar-refractivity contribution < 1.29 is 29.4 Å². The van der Waals surface area contributed by atoms with E-state index in [9.17, 15) is 29.4 Å². The van der Waals surface area contributed by atoms with Crippen molar-refractivity contribution in [3.05, 3.63) is 59.7 Å². The molecule has 2 aromatic rings. The predicted molar refractivity (Wildman–Crippen MR) is 140 cm³/mol. The number of hydrogen-bond donors (Lipinski definition) is 5. The van der Waals surface area contributed by atoms with Gasteiger partial charge < -0.3 is 31.0 Å². The minimum atomic E-state index is -0.926. The Hall–Kier alpha value is -3.88. The number of carbonyl (C=O) groups excluding carboxylic acids is 4. The van der Waals surface area contributed by atoms with Crippen LogP contribution < -0.4 is 16.0 Å². The van der Waals surface area contributed by atoms with Gasteiger partial charge in [-0.15, -0.1) is 0 Å². The Morgan fingerprint density at radius 3 is 1.78 bits per heavy atom. The smallest absolute Gasteiger partial charge is 0.243 e. The van der Waals surface area contributed by atoms with Crippen LogP contribution in [0.3, 0.4) is 0 Å². The molecule has 3 unspecified atom stereocenters. The van der Waals surface area contributed by atoms with Crippen LogP contribution in [0, 0.1) is 5.92 Å². The van der Waals surface area contributed by atoms with E-state index in [0.29, 0.717) is 19.1 Å². The average molecular weight is 512 g/mol. The van der Waals surface area contributed by atoms with Gasteiger partial charge >= 0.3 is 0 Å². The monoisotopic (exact) mass is 511 g/mol. The number of rotatable bonds is 14. The summed E-state index contributed by atoms with van der Waals surface area (Å²) in [6, 6.07) is 10.0. The van der Waals surface area contributed by atoms with Crippen LogP contribution in [0.15, 0.2) is 48.5 Å². The summed E-state index contributed by atoms with van der Waals surface area (Å²) in [6.07, 6.45) is 2.25. The zero-order chi connectivity index (χ0) is 27.4. The second kappa shape index (κ2) is 14.6. The molecular formula is C28H37N3O6. The van der Waals surface area contributed by atoms with Crippen LogP contribution in [0.25, 0.3) is 0 Å². The Balaban J connectivity index is 2.15. The van der Waals surface area contributed by atoms with Crippen molar-refractivity contribution in [1.29, 1.82) is 0 Å². The van der Waals surface area contributed by atoms with Gasteiger partial charge in [0.25, 0.3) is 0 Å². The van der Waals surface area contributed by atoms with Gasteiger partial charge in [0.05, 0.1) is 6.04 Å². The average Bonchev–Trinajstić information content (AvgIpc) is 2.85. The second-order valence-electron chi connectivity index (χ2n) is 9.55. The molecule has 2 aromatic carbocycles. The molecule has 0 aliphatic rings. The molecule has 0 aliphatic carbocycles. The molecular weight excluding hydrogens is 474 g/mol. The molecule has 3 amide bonds.